The Morgan fingerprint density at radius 2 is 1.86 bits per heavy atom. The number of sulfonamides is 1. The molecule has 0 aliphatic rings. The monoisotopic (exact) mass is 475 g/mol. The lowest BCUT2D eigenvalue weighted by Crippen LogP contribution is -2.23. The Labute approximate surface area is 177 Å². The van der Waals surface area contributed by atoms with E-state index in [1.807, 2.05) is 6.92 Å². The van der Waals surface area contributed by atoms with Gasteiger partial charge >= 0.3 is 0 Å². The van der Waals surface area contributed by atoms with Crippen LogP contribution in [-0.4, -0.2) is 25.9 Å². The van der Waals surface area contributed by atoms with E-state index in [1.54, 1.807) is 42.5 Å². The van der Waals surface area contributed by atoms with Crippen LogP contribution >= 0.6 is 15.9 Å². The molecule has 0 bridgehead atoms. The van der Waals surface area contributed by atoms with Crippen LogP contribution in [-0.2, 0) is 10.0 Å². The van der Waals surface area contributed by atoms with Crippen molar-refractivity contribution in [3.63, 3.8) is 0 Å². The largest absolute Gasteiger partial charge is 0.438 e. The van der Waals surface area contributed by atoms with E-state index in [0.29, 0.717) is 18.0 Å². The third-order valence-electron chi connectivity index (χ3n) is 3.78. The van der Waals surface area contributed by atoms with Gasteiger partial charge in [0.25, 0.3) is 15.9 Å². The molecular weight excluding hydrogens is 458 g/mol. The number of halogens is 1. The van der Waals surface area contributed by atoms with Crippen LogP contribution in [0.1, 0.15) is 17.3 Å². The van der Waals surface area contributed by atoms with Gasteiger partial charge in [-0.2, -0.15) is 0 Å². The lowest BCUT2D eigenvalue weighted by molar-refractivity contribution is 0.0953. The van der Waals surface area contributed by atoms with E-state index in [2.05, 4.69) is 31.0 Å². The quantitative estimate of drug-likeness (QED) is 0.533. The van der Waals surface area contributed by atoms with Gasteiger partial charge in [-0.1, -0.05) is 22.0 Å². The van der Waals surface area contributed by atoms with Crippen LogP contribution in [0.25, 0.3) is 0 Å². The number of hydrogen-bond acceptors (Lipinski definition) is 5. The molecule has 0 unspecified atom stereocenters. The van der Waals surface area contributed by atoms with E-state index >= 15 is 0 Å². The molecular formula is C20H18BrN3O4S. The van der Waals surface area contributed by atoms with Gasteiger partial charge in [0.1, 0.15) is 11.3 Å². The molecule has 0 atom stereocenters. The fraction of sp³-hybridized carbons (Fsp3) is 0.100. The second kappa shape index (κ2) is 9.06. The number of nitrogens with one attached hydrogen (secondary N) is 2. The molecule has 9 heteroatoms. The first-order valence-corrected chi connectivity index (χ1v) is 11.0. The number of carbonyl (C=O) groups is 1. The topological polar surface area (TPSA) is 97.4 Å². The van der Waals surface area contributed by atoms with Gasteiger partial charge in [0, 0.05) is 23.3 Å². The van der Waals surface area contributed by atoms with Gasteiger partial charge < -0.3 is 10.1 Å². The Hall–Kier alpha value is -2.91. The number of pyridine rings is 1. The van der Waals surface area contributed by atoms with Crippen LogP contribution < -0.4 is 14.8 Å². The molecule has 150 valence electrons. The zero-order valence-electron chi connectivity index (χ0n) is 15.4. The minimum Gasteiger partial charge on any atom is -0.438 e. The molecule has 29 heavy (non-hydrogen) atoms. The molecule has 0 aliphatic heterocycles. The van der Waals surface area contributed by atoms with Gasteiger partial charge in [0.05, 0.1) is 10.6 Å². The SMILES string of the molecule is CCNC(=O)c1cccnc1Oc1cccc(NS(=O)(=O)c2ccc(Br)cc2)c1. The second-order valence-corrected chi connectivity index (χ2v) is 8.50. The van der Waals surface area contributed by atoms with Gasteiger partial charge in [0.2, 0.25) is 5.88 Å². The summed E-state index contributed by atoms with van der Waals surface area (Å²) in [6.07, 6.45) is 1.51. The molecule has 1 amide bonds. The lowest BCUT2D eigenvalue weighted by atomic mass is 10.2. The van der Waals surface area contributed by atoms with Gasteiger partial charge in [-0.25, -0.2) is 13.4 Å². The van der Waals surface area contributed by atoms with Crippen molar-refractivity contribution in [2.45, 2.75) is 11.8 Å². The van der Waals surface area contributed by atoms with Crippen molar-refractivity contribution >= 4 is 37.5 Å². The van der Waals surface area contributed by atoms with E-state index in [9.17, 15) is 13.2 Å². The Morgan fingerprint density at radius 1 is 1.10 bits per heavy atom. The predicted octanol–water partition coefficient (Wildman–Crippen LogP) is 4.19. The van der Waals surface area contributed by atoms with Crippen molar-refractivity contribution in [1.82, 2.24) is 10.3 Å². The standard InChI is InChI=1S/C20H18BrN3O4S/c1-2-22-19(25)18-7-4-12-23-20(18)28-16-6-3-5-15(13-16)24-29(26,27)17-10-8-14(21)9-11-17/h3-13,24H,2H2,1H3,(H,22,25). The third-order valence-corrected chi connectivity index (χ3v) is 5.70. The smallest absolute Gasteiger partial charge is 0.261 e. The highest BCUT2D eigenvalue weighted by molar-refractivity contribution is 9.10. The van der Waals surface area contributed by atoms with E-state index in [1.165, 1.54) is 24.4 Å². The van der Waals surface area contributed by atoms with Gasteiger partial charge in [-0.05, 0) is 55.5 Å². The van der Waals surface area contributed by atoms with Crippen LogP contribution in [0, 0.1) is 0 Å². The Morgan fingerprint density at radius 3 is 2.59 bits per heavy atom. The molecule has 0 radical (unpaired) electrons. The number of ether oxygens (including phenoxy) is 1. The average Bonchev–Trinajstić information content (AvgIpc) is 2.69. The number of benzene rings is 2. The van der Waals surface area contributed by atoms with Crippen molar-refractivity contribution in [3.05, 3.63) is 76.9 Å². The summed E-state index contributed by atoms with van der Waals surface area (Å²) in [7, 11) is -3.75. The summed E-state index contributed by atoms with van der Waals surface area (Å²) in [4.78, 5) is 16.4. The maximum atomic E-state index is 12.6. The number of hydrogen-bond donors (Lipinski definition) is 2. The first-order valence-electron chi connectivity index (χ1n) is 8.68. The Kier molecular flexibility index (Phi) is 6.50. The second-order valence-electron chi connectivity index (χ2n) is 5.90. The van der Waals surface area contributed by atoms with Crippen LogP contribution in [0.3, 0.4) is 0 Å². The maximum absolute atomic E-state index is 12.6. The van der Waals surface area contributed by atoms with E-state index in [0.717, 1.165) is 4.47 Å². The molecule has 2 aromatic carbocycles. The molecule has 7 nitrogen and oxygen atoms in total. The molecule has 0 saturated carbocycles. The fourth-order valence-corrected chi connectivity index (χ4v) is 3.78. The van der Waals surface area contributed by atoms with Crippen LogP contribution in [0.2, 0.25) is 0 Å². The third kappa shape index (κ3) is 5.33. The van der Waals surface area contributed by atoms with Gasteiger partial charge in [0.15, 0.2) is 0 Å². The minimum absolute atomic E-state index is 0.131. The van der Waals surface area contributed by atoms with Crippen molar-refractivity contribution in [2.75, 3.05) is 11.3 Å². The zero-order chi connectivity index (χ0) is 20.9. The van der Waals surface area contributed by atoms with E-state index in [4.69, 9.17) is 4.74 Å². The molecule has 0 aliphatic carbocycles. The summed E-state index contributed by atoms with van der Waals surface area (Å²) in [6.45, 7) is 2.29. The zero-order valence-corrected chi connectivity index (χ0v) is 17.8. The maximum Gasteiger partial charge on any atom is 0.261 e. The summed E-state index contributed by atoms with van der Waals surface area (Å²) in [6, 6.07) is 16.0. The van der Waals surface area contributed by atoms with Crippen molar-refractivity contribution in [3.8, 4) is 11.6 Å². The highest BCUT2D eigenvalue weighted by Crippen LogP contribution is 2.27. The van der Waals surface area contributed by atoms with Gasteiger partial charge in [-0.15, -0.1) is 0 Å². The summed E-state index contributed by atoms with van der Waals surface area (Å²) in [5.74, 6) is 0.166. The average molecular weight is 476 g/mol. The molecule has 3 rings (SSSR count). The number of anilines is 1. The molecule has 0 spiro atoms. The number of rotatable bonds is 7. The van der Waals surface area contributed by atoms with Crippen LogP contribution in [0.5, 0.6) is 11.6 Å². The number of nitrogens with zero attached hydrogens (tertiary/aromatic N) is 1. The molecule has 3 aromatic rings. The lowest BCUT2D eigenvalue weighted by Gasteiger charge is -2.12. The van der Waals surface area contributed by atoms with Gasteiger partial charge in [-0.3, -0.25) is 9.52 Å². The Bertz CT molecular complexity index is 1120. The summed E-state index contributed by atoms with van der Waals surface area (Å²) >= 11 is 3.28. The predicted molar refractivity (Wildman–Crippen MR) is 114 cm³/mol. The molecule has 1 aromatic heterocycles. The van der Waals surface area contributed by atoms with Crippen LogP contribution in [0.15, 0.2) is 76.2 Å². The van der Waals surface area contributed by atoms with Crippen molar-refractivity contribution in [2.24, 2.45) is 0 Å². The summed E-state index contributed by atoms with van der Waals surface area (Å²) in [5.41, 5.74) is 0.608. The fourth-order valence-electron chi connectivity index (χ4n) is 2.46. The normalized spacial score (nSPS) is 11.0. The highest BCUT2D eigenvalue weighted by Gasteiger charge is 2.16. The first-order chi connectivity index (χ1) is 13.9. The van der Waals surface area contributed by atoms with E-state index in [-0.39, 0.29) is 22.2 Å². The molecule has 0 fully saturated rings. The molecule has 0 saturated heterocycles. The Balaban J connectivity index is 1.82. The van der Waals surface area contributed by atoms with E-state index < -0.39 is 10.0 Å². The minimum atomic E-state index is -3.75. The number of aromatic nitrogens is 1. The van der Waals surface area contributed by atoms with Crippen LogP contribution in [0.4, 0.5) is 5.69 Å². The summed E-state index contributed by atoms with van der Waals surface area (Å²) < 4.78 is 34.2. The molecule has 2 N–H and O–H groups in total. The number of amides is 1. The highest BCUT2D eigenvalue weighted by atomic mass is 79.9. The van der Waals surface area contributed by atoms with Crippen molar-refractivity contribution < 1.29 is 17.9 Å². The van der Waals surface area contributed by atoms with Crippen molar-refractivity contribution in [1.29, 1.82) is 0 Å². The first kappa shape index (κ1) is 20.8. The summed E-state index contributed by atoms with van der Waals surface area (Å²) in [5, 5.41) is 2.70. The molecule has 1 heterocycles. The number of carbonyl (C=O) groups excluding carboxylic acids is 1.